The third-order valence-electron chi connectivity index (χ3n) is 6.15. The maximum atomic E-state index is 6.28. The van der Waals surface area contributed by atoms with E-state index in [1.807, 2.05) is 0 Å². The molecule has 98 valence electrons. The second-order valence-electron chi connectivity index (χ2n) is 6.92. The van der Waals surface area contributed by atoms with Gasteiger partial charge in [-0.2, -0.15) is 0 Å². The molecule has 17 heavy (non-hydrogen) atoms. The highest BCUT2D eigenvalue weighted by atomic mass is 15.2. The maximum absolute atomic E-state index is 6.28. The molecule has 2 heteroatoms. The summed E-state index contributed by atoms with van der Waals surface area (Å²) in [5.74, 6) is 3.90. The van der Waals surface area contributed by atoms with E-state index in [1.54, 1.807) is 0 Å². The molecule has 2 N–H and O–H groups in total. The van der Waals surface area contributed by atoms with Crippen LogP contribution in [0.25, 0.3) is 0 Å². The minimum Gasteiger partial charge on any atom is -0.329 e. The highest BCUT2D eigenvalue weighted by Crippen LogP contribution is 2.59. The van der Waals surface area contributed by atoms with E-state index in [0.29, 0.717) is 5.54 Å². The number of likely N-dealkylation sites (N-methyl/N-ethyl adjacent to an activating group) is 1. The summed E-state index contributed by atoms with van der Waals surface area (Å²) in [6, 6.07) is 0. The van der Waals surface area contributed by atoms with Crippen LogP contribution in [0, 0.1) is 23.7 Å². The van der Waals surface area contributed by atoms with Crippen molar-refractivity contribution in [1.29, 1.82) is 0 Å². The predicted molar refractivity (Wildman–Crippen MR) is 71.8 cm³/mol. The standard InChI is InChI=1S/C15H28N2/c1-3-4-17(2)15(10-16)13-6-11-5-12(8-13)9-14(15)7-11/h11-14H,3-10,16H2,1-2H3. The Hall–Kier alpha value is -0.0800. The molecule has 2 nitrogen and oxygen atoms in total. The Bertz CT molecular complexity index is 259. The zero-order chi connectivity index (χ0) is 12.0. The van der Waals surface area contributed by atoms with Crippen LogP contribution in [0.1, 0.15) is 45.4 Å². The molecule has 4 aliphatic rings. The van der Waals surface area contributed by atoms with Gasteiger partial charge in [0.2, 0.25) is 0 Å². The minimum atomic E-state index is 0.365. The number of hydrogen-bond acceptors (Lipinski definition) is 2. The number of hydrogen-bond donors (Lipinski definition) is 1. The predicted octanol–water partition coefficient (Wildman–Crippen LogP) is 2.48. The van der Waals surface area contributed by atoms with E-state index in [2.05, 4.69) is 18.9 Å². The van der Waals surface area contributed by atoms with Crippen LogP contribution in [0.5, 0.6) is 0 Å². The summed E-state index contributed by atoms with van der Waals surface area (Å²) in [4.78, 5) is 2.64. The van der Waals surface area contributed by atoms with Gasteiger partial charge in [-0.3, -0.25) is 4.90 Å². The average molecular weight is 236 g/mol. The van der Waals surface area contributed by atoms with Crippen LogP contribution in [0.3, 0.4) is 0 Å². The Morgan fingerprint density at radius 2 is 1.59 bits per heavy atom. The Balaban J connectivity index is 1.88. The molecular weight excluding hydrogens is 208 g/mol. The van der Waals surface area contributed by atoms with Gasteiger partial charge in [-0.15, -0.1) is 0 Å². The van der Waals surface area contributed by atoms with Gasteiger partial charge in [0.1, 0.15) is 0 Å². The molecule has 0 amide bonds. The van der Waals surface area contributed by atoms with Gasteiger partial charge in [0, 0.05) is 12.1 Å². The summed E-state index contributed by atoms with van der Waals surface area (Å²) in [5, 5.41) is 0. The molecule has 0 aliphatic heterocycles. The Labute approximate surface area is 106 Å². The van der Waals surface area contributed by atoms with E-state index < -0.39 is 0 Å². The first kappa shape index (κ1) is 12.0. The highest BCUT2D eigenvalue weighted by molar-refractivity contribution is 5.12. The fourth-order valence-corrected chi connectivity index (χ4v) is 5.66. The van der Waals surface area contributed by atoms with Crippen LogP contribution in [0.4, 0.5) is 0 Å². The van der Waals surface area contributed by atoms with E-state index in [1.165, 1.54) is 45.1 Å². The van der Waals surface area contributed by atoms with E-state index in [0.717, 1.165) is 30.2 Å². The summed E-state index contributed by atoms with van der Waals surface area (Å²) < 4.78 is 0. The molecule has 0 aromatic carbocycles. The molecule has 4 aliphatic carbocycles. The fourth-order valence-electron chi connectivity index (χ4n) is 5.66. The molecule has 0 spiro atoms. The normalized spacial score (nSPS) is 48.0. The lowest BCUT2D eigenvalue weighted by Gasteiger charge is -2.64. The van der Waals surface area contributed by atoms with Crippen molar-refractivity contribution >= 4 is 0 Å². The van der Waals surface area contributed by atoms with Crippen molar-refractivity contribution < 1.29 is 0 Å². The maximum Gasteiger partial charge on any atom is 0.0385 e. The Kier molecular flexibility index (Phi) is 2.99. The molecule has 0 aromatic heterocycles. The monoisotopic (exact) mass is 236 g/mol. The second-order valence-corrected chi connectivity index (χ2v) is 6.92. The van der Waals surface area contributed by atoms with Crippen LogP contribution >= 0.6 is 0 Å². The highest BCUT2D eigenvalue weighted by Gasteiger charge is 2.57. The van der Waals surface area contributed by atoms with Crippen molar-refractivity contribution in [1.82, 2.24) is 4.90 Å². The van der Waals surface area contributed by atoms with Crippen molar-refractivity contribution in [2.24, 2.45) is 29.4 Å². The minimum absolute atomic E-state index is 0.365. The number of rotatable bonds is 4. The van der Waals surface area contributed by atoms with Crippen LogP contribution in [-0.4, -0.2) is 30.6 Å². The first-order valence-electron chi connectivity index (χ1n) is 7.62. The Morgan fingerprint density at radius 3 is 2.00 bits per heavy atom. The smallest absolute Gasteiger partial charge is 0.0385 e. The molecule has 0 aromatic rings. The Morgan fingerprint density at radius 1 is 1.06 bits per heavy atom. The van der Waals surface area contributed by atoms with Gasteiger partial charge in [0.05, 0.1) is 0 Å². The lowest BCUT2D eigenvalue weighted by Crippen LogP contribution is -2.68. The van der Waals surface area contributed by atoms with Crippen molar-refractivity contribution in [3.8, 4) is 0 Å². The number of nitrogens with two attached hydrogens (primary N) is 1. The molecule has 4 bridgehead atoms. The molecular formula is C15H28N2. The summed E-state index contributed by atoms with van der Waals surface area (Å²) in [6.07, 6.45) is 8.67. The summed E-state index contributed by atoms with van der Waals surface area (Å²) in [5.41, 5.74) is 6.64. The summed E-state index contributed by atoms with van der Waals surface area (Å²) in [6.45, 7) is 4.40. The first-order valence-corrected chi connectivity index (χ1v) is 7.62. The molecule has 4 fully saturated rings. The second kappa shape index (κ2) is 4.24. The fraction of sp³-hybridized carbons (Fsp3) is 1.00. The average Bonchev–Trinajstić information content (AvgIpc) is 2.29. The molecule has 0 radical (unpaired) electrons. The van der Waals surface area contributed by atoms with Gasteiger partial charge in [-0.05, 0) is 75.8 Å². The molecule has 4 saturated carbocycles. The van der Waals surface area contributed by atoms with Crippen LogP contribution < -0.4 is 5.73 Å². The van der Waals surface area contributed by atoms with Crippen LogP contribution in [0.2, 0.25) is 0 Å². The molecule has 0 unspecified atom stereocenters. The third-order valence-corrected chi connectivity index (χ3v) is 6.15. The van der Waals surface area contributed by atoms with E-state index in [-0.39, 0.29) is 0 Å². The lowest BCUT2D eigenvalue weighted by atomic mass is 9.48. The van der Waals surface area contributed by atoms with Gasteiger partial charge in [0.15, 0.2) is 0 Å². The summed E-state index contributed by atoms with van der Waals surface area (Å²) >= 11 is 0. The quantitative estimate of drug-likeness (QED) is 0.812. The first-order chi connectivity index (χ1) is 8.20. The van der Waals surface area contributed by atoms with Crippen molar-refractivity contribution in [3.63, 3.8) is 0 Å². The van der Waals surface area contributed by atoms with E-state index >= 15 is 0 Å². The van der Waals surface area contributed by atoms with Crippen LogP contribution in [0.15, 0.2) is 0 Å². The third kappa shape index (κ3) is 1.60. The van der Waals surface area contributed by atoms with Gasteiger partial charge < -0.3 is 5.73 Å². The molecule has 0 heterocycles. The van der Waals surface area contributed by atoms with Crippen LogP contribution in [-0.2, 0) is 0 Å². The van der Waals surface area contributed by atoms with Gasteiger partial charge in [-0.1, -0.05) is 6.92 Å². The van der Waals surface area contributed by atoms with Gasteiger partial charge in [-0.25, -0.2) is 0 Å². The number of nitrogens with zero attached hydrogens (tertiary/aromatic N) is 1. The molecule has 0 atom stereocenters. The van der Waals surface area contributed by atoms with E-state index in [9.17, 15) is 0 Å². The zero-order valence-corrected chi connectivity index (χ0v) is 11.5. The topological polar surface area (TPSA) is 29.3 Å². The van der Waals surface area contributed by atoms with Crippen molar-refractivity contribution in [2.75, 3.05) is 20.1 Å². The van der Waals surface area contributed by atoms with E-state index in [4.69, 9.17) is 5.73 Å². The zero-order valence-electron chi connectivity index (χ0n) is 11.5. The van der Waals surface area contributed by atoms with Crippen molar-refractivity contribution in [2.45, 2.75) is 51.0 Å². The largest absolute Gasteiger partial charge is 0.329 e. The molecule has 4 rings (SSSR count). The lowest BCUT2D eigenvalue weighted by molar-refractivity contribution is -0.123. The molecule has 0 saturated heterocycles. The van der Waals surface area contributed by atoms with Gasteiger partial charge >= 0.3 is 0 Å². The van der Waals surface area contributed by atoms with Crippen molar-refractivity contribution in [3.05, 3.63) is 0 Å². The van der Waals surface area contributed by atoms with Gasteiger partial charge in [0.25, 0.3) is 0 Å². The SMILES string of the molecule is CCCN(C)C1(CN)C2CC3CC(C2)CC1C3. The summed E-state index contributed by atoms with van der Waals surface area (Å²) in [7, 11) is 2.33.